The maximum Gasteiger partial charge on any atom is 0.240 e. The first-order valence-corrected chi connectivity index (χ1v) is 9.18. The summed E-state index contributed by atoms with van der Waals surface area (Å²) in [4.78, 5) is -0.312. The number of piperidine rings is 1. The number of sulfonamides is 2. The van der Waals surface area contributed by atoms with Gasteiger partial charge in [-0.15, -0.1) is 12.4 Å². The molecule has 4 N–H and O–H groups in total. The Labute approximate surface area is 130 Å². The smallest absolute Gasteiger partial charge is 0.240 e. The van der Waals surface area contributed by atoms with Crippen molar-refractivity contribution in [2.45, 2.75) is 28.7 Å². The van der Waals surface area contributed by atoms with Crippen molar-refractivity contribution in [2.75, 3.05) is 13.1 Å². The molecule has 2 rings (SSSR count). The van der Waals surface area contributed by atoms with Gasteiger partial charge in [-0.3, -0.25) is 0 Å². The van der Waals surface area contributed by atoms with Gasteiger partial charge in [-0.25, -0.2) is 26.7 Å². The minimum atomic E-state index is -3.92. The number of hydrogen-bond acceptors (Lipinski definition) is 5. The van der Waals surface area contributed by atoms with Gasteiger partial charge in [-0.05, 0) is 44.1 Å². The van der Waals surface area contributed by atoms with Gasteiger partial charge in [-0.1, -0.05) is 6.07 Å². The first-order valence-electron chi connectivity index (χ1n) is 6.15. The summed E-state index contributed by atoms with van der Waals surface area (Å²) in [5.74, 6) is 0. The van der Waals surface area contributed by atoms with Gasteiger partial charge in [0.2, 0.25) is 20.0 Å². The lowest BCUT2D eigenvalue weighted by atomic mass is 10.1. The van der Waals surface area contributed by atoms with Crippen molar-refractivity contribution in [1.82, 2.24) is 10.0 Å². The van der Waals surface area contributed by atoms with Crippen LogP contribution in [0, 0.1) is 0 Å². The minimum Gasteiger partial charge on any atom is -0.317 e. The normalized spacial score (nSPS) is 17.2. The van der Waals surface area contributed by atoms with Crippen LogP contribution in [-0.4, -0.2) is 36.0 Å². The monoisotopic (exact) mass is 355 g/mol. The fourth-order valence-electron chi connectivity index (χ4n) is 2.05. The molecule has 7 nitrogen and oxygen atoms in total. The van der Waals surface area contributed by atoms with Crippen LogP contribution < -0.4 is 15.2 Å². The predicted molar refractivity (Wildman–Crippen MR) is 81.3 cm³/mol. The average molecular weight is 356 g/mol. The Balaban J connectivity index is 0.00000220. The van der Waals surface area contributed by atoms with E-state index < -0.39 is 20.0 Å². The van der Waals surface area contributed by atoms with E-state index in [1.807, 2.05) is 0 Å². The van der Waals surface area contributed by atoms with E-state index in [2.05, 4.69) is 10.0 Å². The zero-order chi connectivity index (χ0) is 14.8. The minimum absolute atomic E-state index is 0. The predicted octanol–water partition coefficient (Wildman–Crippen LogP) is -0.214. The van der Waals surface area contributed by atoms with E-state index in [0.29, 0.717) is 12.8 Å². The van der Waals surface area contributed by atoms with Gasteiger partial charge in [0.05, 0.1) is 9.79 Å². The van der Waals surface area contributed by atoms with Crippen molar-refractivity contribution in [3.63, 3.8) is 0 Å². The number of halogens is 1. The van der Waals surface area contributed by atoms with Crippen LogP contribution in [0.15, 0.2) is 34.1 Å². The Hall–Kier alpha value is -0.710. The van der Waals surface area contributed by atoms with Crippen LogP contribution in [0.3, 0.4) is 0 Å². The van der Waals surface area contributed by atoms with Crippen molar-refractivity contribution in [3.8, 4) is 0 Å². The van der Waals surface area contributed by atoms with E-state index in [-0.39, 0.29) is 28.2 Å². The van der Waals surface area contributed by atoms with Gasteiger partial charge in [0.1, 0.15) is 0 Å². The number of hydrogen-bond donors (Lipinski definition) is 3. The molecule has 0 aliphatic carbocycles. The molecule has 120 valence electrons. The van der Waals surface area contributed by atoms with Crippen LogP contribution in [0.1, 0.15) is 12.8 Å². The first-order chi connectivity index (χ1) is 9.29. The molecule has 0 unspecified atom stereocenters. The Morgan fingerprint density at radius 3 is 2.24 bits per heavy atom. The molecule has 1 aromatic carbocycles. The van der Waals surface area contributed by atoms with Crippen LogP contribution in [0.4, 0.5) is 0 Å². The molecule has 1 aromatic rings. The van der Waals surface area contributed by atoms with Gasteiger partial charge in [0, 0.05) is 6.04 Å². The lowest BCUT2D eigenvalue weighted by Gasteiger charge is -2.23. The van der Waals surface area contributed by atoms with Crippen molar-refractivity contribution < 1.29 is 16.8 Å². The molecule has 0 saturated carbocycles. The van der Waals surface area contributed by atoms with Crippen LogP contribution in [0.2, 0.25) is 0 Å². The highest BCUT2D eigenvalue weighted by atomic mass is 35.5. The molecule has 0 aromatic heterocycles. The molecule has 0 spiro atoms. The highest BCUT2D eigenvalue weighted by Crippen LogP contribution is 2.16. The molecule has 0 bridgehead atoms. The lowest BCUT2D eigenvalue weighted by Crippen LogP contribution is -2.42. The molecular formula is C11H18ClN3O4S2. The Morgan fingerprint density at radius 2 is 1.67 bits per heavy atom. The molecule has 1 aliphatic rings. The van der Waals surface area contributed by atoms with E-state index in [1.54, 1.807) is 0 Å². The second-order valence-corrected chi connectivity index (χ2v) is 7.94. The third-order valence-corrected chi connectivity index (χ3v) is 5.53. The molecule has 1 saturated heterocycles. The standard InChI is InChI=1S/C11H17N3O4S2.ClH/c12-19(15,16)10-2-1-3-11(8-10)20(17,18)14-9-4-6-13-7-5-9;/h1-3,8-9,13-14H,4-7H2,(H2,12,15,16);1H. The lowest BCUT2D eigenvalue weighted by molar-refractivity contribution is 0.427. The van der Waals surface area contributed by atoms with E-state index in [9.17, 15) is 16.8 Å². The largest absolute Gasteiger partial charge is 0.317 e. The third-order valence-electron chi connectivity index (χ3n) is 3.11. The van der Waals surface area contributed by atoms with Crippen LogP contribution in [0.5, 0.6) is 0 Å². The van der Waals surface area contributed by atoms with Gasteiger partial charge >= 0.3 is 0 Å². The molecule has 1 aliphatic heterocycles. The number of primary sulfonamides is 1. The molecule has 0 radical (unpaired) electrons. The second-order valence-electron chi connectivity index (χ2n) is 4.67. The van der Waals surface area contributed by atoms with Crippen molar-refractivity contribution in [1.29, 1.82) is 0 Å². The number of benzene rings is 1. The molecule has 0 atom stereocenters. The van der Waals surface area contributed by atoms with Crippen molar-refractivity contribution in [3.05, 3.63) is 24.3 Å². The Kier molecular flexibility index (Phi) is 6.14. The van der Waals surface area contributed by atoms with E-state index in [0.717, 1.165) is 19.2 Å². The Morgan fingerprint density at radius 1 is 1.10 bits per heavy atom. The van der Waals surface area contributed by atoms with Crippen LogP contribution in [-0.2, 0) is 20.0 Å². The molecule has 10 heteroatoms. The summed E-state index contributed by atoms with van der Waals surface area (Å²) in [6, 6.07) is 4.89. The number of rotatable bonds is 4. The molecule has 1 heterocycles. The van der Waals surface area contributed by atoms with Crippen molar-refractivity contribution in [2.24, 2.45) is 5.14 Å². The molecular weight excluding hydrogens is 338 g/mol. The van der Waals surface area contributed by atoms with Gasteiger partial charge in [0.15, 0.2) is 0 Å². The van der Waals surface area contributed by atoms with Crippen LogP contribution in [0.25, 0.3) is 0 Å². The summed E-state index contributed by atoms with van der Waals surface area (Å²) in [5.41, 5.74) is 0. The molecule has 1 fully saturated rings. The summed E-state index contributed by atoms with van der Waals surface area (Å²) >= 11 is 0. The maximum absolute atomic E-state index is 12.2. The topological polar surface area (TPSA) is 118 Å². The fourth-order valence-corrected chi connectivity index (χ4v) is 4.03. The highest BCUT2D eigenvalue weighted by molar-refractivity contribution is 7.90. The third kappa shape index (κ3) is 4.90. The van der Waals surface area contributed by atoms with Gasteiger partial charge in [-0.2, -0.15) is 0 Å². The molecule has 21 heavy (non-hydrogen) atoms. The Bertz CT molecular complexity index is 685. The zero-order valence-electron chi connectivity index (χ0n) is 11.2. The SMILES string of the molecule is Cl.NS(=O)(=O)c1cccc(S(=O)(=O)NC2CCNCC2)c1. The number of nitrogens with two attached hydrogens (primary N) is 1. The van der Waals surface area contributed by atoms with Gasteiger partial charge < -0.3 is 5.32 Å². The summed E-state index contributed by atoms with van der Waals surface area (Å²) in [5, 5.41) is 8.14. The van der Waals surface area contributed by atoms with E-state index in [4.69, 9.17) is 5.14 Å². The summed E-state index contributed by atoms with van der Waals surface area (Å²) < 4.78 is 49.5. The average Bonchev–Trinajstić information content (AvgIpc) is 2.38. The fraction of sp³-hybridized carbons (Fsp3) is 0.455. The van der Waals surface area contributed by atoms with E-state index >= 15 is 0 Å². The zero-order valence-corrected chi connectivity index (χ0v) is 13.6. The summed E-state index contributed by atoms with van der Waals surface area (Å²) in [7, 11) is -7.66. The maximum atomic E-state index is 12.2. The summed E-state index contributed by atoms with van der Waals surface area (Å²) in [6.07, 6.45) is 1.40. The quantitative estimate of drug-likeness (QED) is 0.690. The summed E-state index contributed by atoms with van der Waals surface area (Å²) in [6.45, 7) is 1.51. The van der Waals surface area contributed by atoms with Crippen molar-refractivity contribution >= 4 is 32.5 Å². The first kappa shape index (κ1) is 18.3. The molecule has 0 amide bonds. The van der Waals surface area contributed by atoms with Gasteiger partial charge in [0.25, 0.3) is 0 Å². The number of nitrogens with one attached hydrogen (secondary N) is 2. The van der Waals surface area contributed by atoms with Crippen LogP contribution >= 0.6 is 12.4 Å². The second kappa shape index (κ2) is 7.03. The van der Waals surface area contributed by atoms with E-state index in [1.165, 1.54) is 18.2 Å². The highest BCUT2D eigenvalue weighted by Gasteiger charge is 2.22.